The molecule has 0 aromatic heterocycles. The number of hydrogen-bond donors (Lipinski definition) is 1. The minimum absolute atomic E-state index is 0.368. The summed E-state index contributed by atoms with van der Waals surface area (Å²) < 4.78 is 23.9. The third-order valence-corrected chi connectivity index (χ3v) is 2.65. The Kier molecular flexibility index (Phi) is 4.35. The van der Waals surface area contributed by atoms with Crippen molar-refractivity contribution in [3.05, 3.63) is 29.0 Å². The van der Waals surface area contributed by atoms with E-state index in [4.69, 9.17) is 11.6 Å². The van der Waals surface area contributed by atoms with Gasteiger partial charge in [0.1, 0.15) is 5.82 Å². The molecule has 78 valence electrons. The number of halogens is 2. The largest absolute Gasteiger partial charge is 0.382 e. The molecule has 1 rings (SSSR count). The summed E-state index contributed by atoms with van der Waals surface area (Å²) in [6.07, 6.45) is 1.61. The summed E-state index contributed by atoms with van der Waals surface area (Å²) in [6.45, 7) is 0.488. The molecule has 2 nitrogen and oxygen atoms in total. The van der Waals surface area contributed by atoms with Crippen LogP contribution in [-0.2, 0) is 10.8 Å². The lowest BCUT2D eigenvalue weighted by atomic mass is 10.3. The quantitative estimate of drug-likeness (QED) is 0.868. The Labute approximate surface area is 89.9 Å². The van der Waals surface area contributed by atoms with Crippen LogP contribution in [0.2, 0.25) is 5.02 Å². The van der Waals surface area contributed by atoms with Gasteiger partial charge in [-0.2, -0.15) is 0 Å². The average molecular weight is 236 g/mol. The lowest BCUT2D eigenvalue weighted by molar-refractivity contribution is 0.630. The lowest BCUT2D eigenvalue weighted by Crippen LogP contribution is -2.10. The Morgan fingerprint density at radius 1 is 1.57 bits per heavy atom. The highest BCUT2D eigenvalue weighted by Crippen LogP contribution is 2.18. The second-order valence-electron chi connectivity index (χ2n) is 2.83. The molecule has 0 fully saturated rings. The van der Waals surface area contributed by atoms with Crippen molar-refractivity contribution in [2.45, 2.75) is 0 Å². The summed E-state index contributed by atoms with van der Waals surface area (Å²) >= 11 is 5.59. The summed E-state index contributed by atoms with van der Waals surface area (Å²) in [5, 5.41) is 3.21. The van der Waals surface area contributed by atoms with Crippen molar-refractivity contribution >= 4 is 28.1 Å². The second kappa shape index (κ2) is 5.32. The molecule has 1 aromatic carbocycles. The second-order valence-corrected chi connectivity index (χ2v) is 4.82. The maximum absolute atomic E-state index is 13.2. The zero-order chi connectivity index (χ0) is 10.6. The predicted molar refractivity (Wildman–Crippen MR) is 58.8 cm³/mol. The smallest absolute Gasteiger partial charge is 0.147 e. The molecule has 0 saturated heterocycles. The third-order valence-electron chi connectivity index (χ3n) is 1.64. The highest BCUT2D eigenvalue weighted by molar-refractivity contribution is 7.84. The van der Waals surface area contributed by atoms with E-state index in [2.05, 4.69) is 5.32 Å². The average Bonchev–Trinajstić information content (AvgIpc) is 2.08. The van der Waals surface area contributed by atoms with E-state index in [1.165, 1.54) is 6.07 Å². The molecule has 1 unspecified atom stereocenters. The Hall–Kier alpha value is -0.610. The number of nitrogens with one attached hydrogen (secondary N) is 1. The van der Waals surface area contributed by atoms with Gasteiger partial charge in [-0.1, -0.05) is 11.6 Å². The highest BCUT2D eigenvalue weighted by atomic mass is 35.5. The first kappa shape index (κ1) is 11.5. The Morgan fingerprint density at radius 3 is 2.86 bits per heavy atom. The summed E-state index contributed by atoms with van der Waals surface area (Å²) in [6, 6.07) is 4.42. The standard InChI is InChI=1S/C9H11ClFNOS/c1-14(13)5-4-12-9-3-2-7(10)6-8(9)11/h2-3,6,12H,4-5H2,1H3. The van der Waals surface area contributed by atoms with Crippen molar-refractivity contribution in [2.24, 2.45) is 0 Å². The molecule has 0 aliphatic carbocycles. The van der Waals surface area contributed by atoms with E-state index in [0.29, 0.717) is 23.0 Å². The third kappa shape index (κ3) is 3.64. The van der Waals surface area contributed by atoms with Crippen LogP contribution in [0.4, 0.5) is 10.1 Å². The first-order valence-electron chi connectivity index (χ1n) is 4.08. The number of benzene rings is 1. The van der Waals surface area contributed by atoms with Crippen LogP contribution in [0.25, 0.3) is 0 Å². The lowest BCUT2D eigenvalue weighted by Gasteiger charge is -2.06. The molecular formula is C9H11ClFNOS. The van der Waals surface area contributed by atoms with Crippen LogP contribution in [0, 0.1) is 5.82 Å². The zero-order valence-corrected chi connectivity index (χ0v) is 9.29. The van der Waals surface area contributed by atoms with Gasteiger partial charge in [-0.15, -0.1) is 0 Å². The van der Waals surface area contributed by atoms with Crippen molar-refractivity contribution in [1.29, 1.82) is 0 Å². The van der Waals surface area contributed by atoms with Crippen LogP contribution in [0.5, 0.6) is 0 Å². The fraction of sp³-hybridized carbons (Fsp3) is 0.333. The molecule has 1 atom stereocenters. The molecule has 0 aliphatic rings. The van der Waals surface area contributed by atoms with Crippen molar-refractivity contribution in [3.8, 4) is 0 Å². The molecule has 1 aromatic rings. The number of anilines is 1. The van der Waals surface area contributed by atoms with E-state index in [1.54, 1.807) is 18.4 Å². The Bertz CT molecular complexity index is 346. The summed E-state index contributed by atoms with van der Waals surface area (Å²) in [4.78, 5) is 0. The van der Waals surface area contributed by atoms with Gasteiger partial charge in [0.15, 0.2) is 0 Å². The first-order valence-corrected chi connectivity index (χ1v) is 6.19. The minimum Gasteiger partial charge on any atom is -0.382 e. The van der Waals surface area contributed by atoms with E-state index in [1.807, 2.05) is 0 Å². The molecule has 0 aliphatic heterocycles. The molecule has 0 radical (unpaired) electrons. The van der Waals surface area contributed by atoms with Gasteiger partial charge in [0, 0.05) is 34.4 Å². The number of rotatable bonds is 4. The van der Waals surface area contributed by atoms with E-state index >= 15 is 0 Å². The maximum Gasteiger partial charge on any atom is 0.147 e. The SMILES string of the molecule is CS(=O)CCNc1ccc(Cl)cc1F. The molecular weight excluding hydrogens is 225 g/mol. The fourth-order valence-electron chi connectivity index (χ4n) is 0.962. The molecule has 0 bridgehead atoms. The molecule has 0 amide bonds. The zero-order valence-electron chi connectivity index (χ0n) is 7.72. The Morgan fingerprint density at radius 2 is 2.29 bits per heavy atom. The van der Waals surface area contributed by atoms with Crippen molar-refractivity contribution in [3.63, 3.8) is 0 Å². The highest BCUT2D eigenvalue weighted by Gasteiger charge is 2.01. The van der Waals surface area contributed by atoms with Gasteiger partial charge in [0.25, 0.3) is 0 Å². The normalized spacial score (nSPS) is 12.5. The van der Waals surface area contributed by atoms with Gasteiger partial charge in [0.2, 0.25) is 0 Å². The van der Waals surface area contributed by atoms with E-state index in [-0.39, 0.29) is 5.82 Å². The fourth-order valence-corrected chi connectivity index (χ4v) is 1.51. The molecule has 14 heavy (non-hydrogen) atoms. The summed E-state index contributed by atoms with van der Waals surface area (Å²) in [5.74, 6) is 0.113. The van der Waals surface area contributed by atoms with Gasteiger partial charge >= 0.3 is 0 Å². The summed E-state index contributed by atoms with van der Waals surface area (Å²) in [7, 11) is -0.861. The van der Waals surface area contributed by atoms with Crippen molar-refractivity contribution < 1.29 is 8.60 Å². The van der Waals surface area contributed by atoms with E-state index in [0.717, 1.165) is 0 Å². The maximum atomic E-state index is 13.2. The van der Waals surface area contributed by atoms with Gasteiger partial charge < -0.3 is 5.32 Å². The van der Waals surface area contributed by atoms with Crippen molar-refractivity contribution in [2.75, 3.05) is 23.9 Å². The molecule has 1 N–H and O–H groups in total. The predicted octanol–water partition coefficient (Wildman–Crippen LogP) is 2.27. The number of hydrogen-bond acceptors (Lipinski definition) is 2. The van der Waals surface area contributed by atoms with Crippen LogP contribution in [-0.4, -0.2) is 22.8 Å². The van der Waals surface area contributed by atoms with Crippen LogP contribution < -0.4 is 5.32 Å². The molecule has 0 spiro atoms. The molecule has 0 heterocycles. The summed E-state index contributed by atoms with van der Waals surface area (Å²) in [5.41, 5.74) is 0.389. The minimum atomic E-state index is -0.861. The first-order chi connectivity index (χ1) is 6.59. The molecule has 5 heteroatoms. The topological polar surface area (TPSA) is 29.1 Å². The van der Waals surface area contributed by atoms with Crippen LogP contribution in [0.3, 0.4) is 0 Å². The van der Waals surface area contributed by atoms with Crippen LogP contribution in [0.15, 0.2) is 18.2 Å². The van der Waals surface area contributed by atoms with Crippen LogP contribution in [0.1, 0.15) is 0 Å². The monoisotopic (exact) mass is 235 g/mol. The Balaban J connectivity index is 2.55. The van der Waals surface area contributed by atoms with Gasteiger partial charge in [0.05, 0.1) is 5.69 Å². The van der Waals surface area contributed by atoms with Crippen LogP contribution >= 0.6 is 11.6 Å². The van der Waals surface area contributed by atoms with Gasteiger partial charge in [-0.05, 0) is 18.2 Å². The van der Waals surface area contributed by atoms with Crippen molar-refractivity contribution in [1.82, 2.24) is 0 Å². The molecule has 0 saturated carbocycles. The van der Waals surface area contributed by atoms with E-state index in [9.17, 15) is 8.60 Å². The van der Waals surface area contributed by atoms with E-state index < -0.39 is 10.8 Å². The van der Waals surface area contributed by atoms with Gasteiger partial charge in [-0.3, -0.25) is 4.21 Å². The van der Waals surface area contributed by atoms with Gasteiger partial charge in [-0.25, -0.2) is 4.39 Å².